The summed E-state index contributed by atoms with van der Waals surface area (Å²) < 4.78 is 44.8. The van der Waals surface area contributed by atoms with E-state index in [4.69, 9.17) is 0 Å². The highest BCUT2D eigenvalue weighted by Crippen LogP contribution is 2.27. The number of carbonyl (C=O) groups is 1. The first-order chi connectivity index (χ1) is 16.4. The minimum absolute atomic E-state index is 0.00553. The van der Waals surface area contributed by atoms with Crippen LogP contribution in [-0.4, -0.2) is 40.3 Å². The normalized spacial score (nSPS) is 14.5. The molecule has 3 heterocycles. The monoisotopic (exact) mass is 466 g/mol. The predicted molar refractivity (Wildman–Crippen MR) is 123 cm³/mol. The first-order valence-corrected chi connectivity index (χ1v) is 10.8. The van der Waals surface area contributed by atoms with Crippen LogP contribution in [0.25, 0.3) is 22.1 Å². The zero-order valence-corrected chi connectivity index (χ0v) is 18.3. The van der Waals surface area contributed by atoms with Gasteiger partial charge in [-0.15, -0.1) is 0 Å². The number of nitrogens with one attached hydrogen (secondary N) is 2. The van der Waals surface area contributed by atoms with E-state index < -0.39 is 28.9 Å². The smallest absolute Gasteiger partial charge is 0.275 e. The van der Waals surface area contributed by atoms with Gasteiger partial charge in [-0.25, -0.2) is 13.2 Å². The lowest BCUT2D eigenvalue weighted by Crippen LogP contribution is -2.28. The van der Waals surface area contributed by atoms with E-state index in [1.807, 2.05) is 11.0 Å². The number of nitrogens with zero attached hydrogens (tertiary/aromatic N) is 2. The van der Waals surface area contributed by atoms with Crippen LogP contribution in [0.15, 0.2) is 53.5 Å². The van der Waals surface area contributed by atoms with Crippen molar-refractivity contribution in [1.29, 1.82) is 0 Å². The van der Waals surface area contributed by atoms with E-state index in [9.17, 15) is 18.4 Å². The van der Waals surface area contributed by atoms with Gasteiger partial charge in [0.05, 0.1) is 11.1 Å². The van der Waals surface area contributed by atoms with Gasteiger partial charge in [-0.2, -0.15) is 0 Å². The number of fused-ring (bicyclic) bond motifs is 3. The fourth-order valence-corrected chi connectivity index (χ4v) is 4.44. The summed E-state index contributed by atoms with van der Waals surface area (Å²) in [5.41, 5.74) is 1.65. The van der Waals surface area contributed by atoms with E-state index in [2.05, 4.69) is 10.3 Å². The maximum atomic E-state index is 15.3. The Morgan fingerprint density at radius 1 is 1.12 bits per heavy atom. The Labute approximate surface area is 192 Å². The van der Waals surface area contributed by atoms with Gasteiger partial charge in [0.2, 0.25) is 0 Å². The number of aromatic nitrogens is 2. The van der Waals surface area contributed by atoms with Crippen molar-refractivity contribution in [2.75, 3.05) is 20.1 Å². The molecule has 6 nitrogen and oxygen atoms in total. The van der Waals surface area contributed by atoms with Crippen LogP contribution in [0.3, 0.4) is 0 Å². The van der Waals surface area contributed by atoms with Gasteiger partial charge in [-0.05, 0) is 41.8 Å². The molecule has 1 amide bonds. The minimum atomic E-state index is -0.689. The first-order valence-electron chi connectivity index (χ1n) is 10.8. The Hall–Kier alpha value is -3.85. The number of halogens is 3. The number of benzene rings is 2. The number of carbonyl (C=O) groups excluding carboxylic acids is 1. The van der Waals surface area contributed by atoms with Crippen molar-refractivity contribution in [3.05, 3.63) is 93.2 Å². The summed E-state index contributed by atoms with van der Waals surface area (Å²) in [7, 11) is 1.45. The SMILES string of the molecule is CNC(=O)c1ccc(C2=CCN(Cc3ccc4c([nH]c(=O)c5c(F)ccn54)c3F)CC2)cc1F. The van der Waals surface area contributed by atoms with Crippen molar-refractivity contribution in [2.24, 2.45) is 0 Å². The van der Waals surface area contributed by atoms with Crippen molar-refractivity contribution >= 4 is 28.0 Å². The zero-order chi connectivity index (χ0) is 24.0. The molecule has 34 heavy (non-hydrogen) atoms. The largest absolute Gasteiger partial charge is 0.355 e. The lowest BCUT2D eigenvalue weighted by Gasteiger charge is -2.27. The summed E-state index contributed by atoms with van der Waals surface area (Å²) in [5.74, 6) is -2.27. The Balaban J connectivity index is 1.37. The number of rotatable bonds is 4. The van der Waals surface area contributed by atoms with Crippen molar-refractivity contribution < 1.29 is 18.0 Å². The summed E-state index contributed by atoms with van der Waals surface area (Å²) in [5, 5.41) is 2.41. The Morgan fingerprint density at radius 2 is 1.94 bits per heavy atom. The zero-order valence-electron chi connectivity index (χ0n) is 18.3. The molecule has 0 fully saturated rings. The number of aromatic amines is 1. The highest BCUT2D eigenvalue weighted by atomic mass is 19.1. The van der Waals surface area contributed by atoms with Crippen LogP contribution < -0.4 is 10.9 Å². The van der Waals surface area contributed by atoms with E-state index in [0.29, 0.717) is 42.7 Å². The van der Waals surface area contributed by atoms with E-state index >= 15 is 4.39 Å². The molecule has 0 spiro atoms. The molecule has 0 aliphatic carbocycles. The molecule has 174 valence electrons. The van der Waals surface area contributed by atoms with Crippen LogP contribution >= 0.6 is 0 Å². The molecule has 0 bridgehead atoms. The number of hydrogen-bond acceptors (Lipinski definition) is 3. The second-order valence-electron chi connectivity index (χ2n) is 8.26. The predicted octanol–water partition coefficient (Wildman–Crippen LogP) is 3.85. The Kier molecular flexibility index (Phi) is 5.49. The van der Waals surface area contributed by atoms with Crippen molar-refractivity contribution in [3.8, 4) is 0 Å². The first kappa shape index (κ1) is 22.0. The third-order valence-corrected chi connectivity index (χ3v) is 6.25. The molecule has 1 aliphatic rings. The van der Waals surface area contributed by atoms with Gasteiger partial charge in [0.25, 0.3) is 11.5 Å². The van der Waals surface area contributed by atoms with Gasteiger partial charge in [0, 0.05) is 38.4 Å². The summed E-state index contributed by atoms with van der Waals surface area (Å²) in [6.45, 7) is 1.47. The quantitative estimate of drug-likeness (QED) is 0.480. The second-order valence-corrected chi connectivity index (χ2v) is 8.26. The molecule has 0 saturated carbocycles. The maximum absolute atomic E-state index is 15.3. The average Bonchev–Trinajstić information content (AvgIpc) is 3.23. The molecule has 0 saturated heterocycles. The van der Waals surface area contributed by atoms with Crippen LogP contribution in [0.1, 0.15) is 27.9 Å². The highest BCUT2D eigenvalue weighted by Gasteiger charge is 2.19. The highest BCUT2D eigenvalue weighted by molar-refractivity contribution is 5.94. The molecule has 2 aromatic heterocycles. The van der Waals surface area contributed by atoms with Crippen molar-refractivity contribution in [1.82, 2.24) is 19.6 Å². The lowest BCUT2D eigenvalue weighted by molar-refractivity contribution is 0.0959. The van der Waals surface area contributed by atoms with E-state index in [0.717, 1.165) is 5.57 Å². The van der Waals surface area contributed by atoms with E-state index in [1.165, 1.54) is 35.8 Å². The van der Waals surface area contributed by atoms with Gasteiger partial charge >= 0.3 is 0 Å². The van der Waals surface area contributed by atoms with Gasteiger partial charge in [0.15, 0.2) is 11.6 Å². The van der Waals surface area contributed by atoms with Gasteiger partial charge in [0.1, 0.15) is 16.9 Å². The molecule has 2 aromatic carbocycles. The Morgan fingerprint density at radius 3 is 2.65 bits per heavy atom. The van der Waals surface area contributed by atoms with E-state index in [-0.39, 0.29) is 16.6 Å². The van der Waals surface area contributed by atoms with Gasteiger partial charge < -0.3 is 14.7 Å². The van der Waals surface area contributed by atoms with E-state index in [1.54, 1.807) is 18.2 Å². The van der Waals surface area contributed by atoms with Crippen molar-refractivity contribution in [3.63, 3.8) is 0 Å². The fraction of sp³-hybridized carbons (Fsp3) is 0.200. The molecule has 0 unspecified atom stereocenters. The summed E-state index contributed by atoms with van der Waals surface area (Å²) in [4.78, 5) is 28.4. The lowest BCUT2D eigenvalue weighted by atomic mass is 9.97. The second kappa shape index (κ2) is 8.49. The maximum Gasteiger partial charge on any atom is 0.275 e. The van der Waals surface area contributed by atoms with Gasteiger partial charge in [-0.1, -0.05) is 18.2 Å². The van der Waals surface area contributed by atoms with Crippen LogP contribution in [0, 0.1) is 17.5 Å². The van der Waals surface area contributed by atoms with Crippen LogP contribution in [-0.2, 0) is 6.54 Å². The van der Waals surface area contributed by atoms with Crippen molar-refractivity contribution in [2.45, 2.75) is 13.0 Å². The molecule has 2 N–H and O–H groups in total. The number of H-pyrrole nitrogens is 1. The average molecular weight is 466 g/mol. The molecule has 9 heteroatoms. The molecule has 0 radical (unpaired) electrons. The van der Waals surface area contributed by atoms with Crippen LogP contribution in [0.5, 0.6) is 0 Å². The third kappa shape index (κ3) is 3.67. The molecule has 5 rings (SSSR count). The molecular weight excluding hydrogens is 445 g/mol. The number of amides is 1. The van der Waals surface area contributed by atoms with Crippen LogP contribution in [0.4, 0.5) is 13.2 Å². The standard InChI is InChI=1S/C25H21F3N4O2/c1-29-24(33)17-4-2-15(12-19(17)27)14-6-9-31(10-7-14)13-16-3-5-20-22(21(16)28)30-25(34)23-18(26)8-11-32(20)23/h2-6,8,11-12H,7,9-10,13H2,1H3,(H,29,33)(H,30,34). The summed E-state index contributed by atoms with van der Waals surface area (Å²) in [6, 6.07) is 9.02. The molecule has 0 atom stereocenters. The summed E-state index contributed by atoms with van der Waals surface area (Å²) in [6.07, 6.45) is 4.00. The molecular formula is C25H21F3N4O2. The topological polar surface area (TPSA) is 69.6 Å². The Bertz CT molecular complexity index is 1540. The molecule has 1 aliphatic heterocycles. The third-order valence-electron chi connectivity index (χ3n) is 6.25. The minimum Gasteiger partial charge on any atom is -0.355 e. The fourth-order valence-electron chi connectivity index (χ4n) is 4.44. The molecule has 4 aromatic rings. The van der Waals surface area contributed by atoms with Gasteiger partial charge in [-0.3, -0.25) is 14.5 Å². The van der Waals surface area contributed by atoms with Crippen LogP contribution in [0.2, 0.25) is 0 Å². The number of hydrogen-bond donors (Lipinski definition) is 2. The summed E-state index contributed by atoms with van der Waals surface area (Å²) >= 11 is 0.